The number of methoxy groups -OCH3 is 2. The predicted octanol–water partition coefficient (Wildman–Crippen LogP) is 1.02. The van der Waals surface area contributed by atoms with Gasteiger partial charge in [0.05, 0.1) is 27.1 Å². The second kappa shape index (κ2) is 17.4. The van der Waals surface area contributed by atoms with E-state index in [2.05, 4.69) is 10.6 Å². The van der Waals surface area contributed by atoms with E-state index in [9.17, 15) is 28.8 Å². The molecule has 1 saturated heterocycles. The highest BCUT2D eigenvalue weighted by Gasteiger charge is 2.48. The first-order valence-electron chi connectivity index (χ1n) is 14.6. The van der Waals surface area contributed by atoms with Crippen molar-refractivity contribution in [1.82, 2.24) is 20.4 Å². The molecule has 2 aromatic rings. The number of esters is 2. The van der Waals surface area contributed by atoms with Crippen LogP contribution in [0.1, 0.15) is 36.8 Å². The van der Waals surface area contributed by atoms with Crippen molar-refractivity contribution in [2.45, 2.75) is 50.6 Å². The Hall–Kier alpha value is -4.74. The van der Waals surface area contributed by atoms with E-state index in [0.717, 1.165) is 48.0 Å². The van der Waals surface area contributed by atoms with Crippen molar-refractivity contribution in [1.29, 1.82) is 0 Å². The molecule has 0 aliphatic carbocycles. The molecule has 44 heavy (non-hydrogen) atoms. The summed E-state index contributed by atoms with van der Waals surface area (Å²) in [5, 5.41) is 5.49. The monoisotopic (exact) mass is 608 g/mol. The van der Waals surface area contributed by atoms with Crippen LogP contribution in [0.5, 0.6) is 0 Å². The van der Waals surface area contributed by atoms with E-state index in [-0.39, 0.29) is 0 Å². The van der Waals surface area contributed by atoms with Crippen LogP contribution in [0.4, 0.5) is 0 Å². The lowest BCUT2D eigenvalue weighted by atomic mass is 9.99. The highest BCUT2D eigenvalue weighted by molar-refractivity contribution is 6.03. The van der Waals surface area contributed by atoms with Gasteiger partial charge in [0.1, 0.15) is 25.2 Å². The number of nitrogens with zero attached hydrogens (tertiary/aromatic N) is 2. The van der Waals surface area contributed by atoms with Crippen molar-refractivity contribution in [3.05, 3.63) is 71.8 Å². The minimum Gasteiger partial charge on any atom is -0.469 e. The van der Waals surface area contributed by atoms with Crippen molar-refractivity contribution < 1.29 is 38.2 Å². The Labute approximate surface area is 257 Å². The summed E-state index contributed by atoms with van der Waals surface area (Å²) < 4.78 is 9.47. The molecule has 2 aromatic carbocycles. The fourth-order valence-electron chi connectivity index (χ4n) is 4.96. The van der Waals surface area contributed by atoms with E-state index < -0.39 is 73.6 Å². The maximum atomic E-state index is 13.7. The van der Waals surface area contributed by atoms with E-state index in [4.69, 9.17) is 9.47 Å². The van der Waals surface area contributed by atoms with E-state index >= 15 is 0 Å². The van der Waals surface area contributed by atoms with Gasteiger partial charge in [-0.3, -0.25) is 28.8 Å². The van der Waals surface area contributed by atoms with E-state index in [1.165, 1.54) is 0 Å². The number of benzene rings is 2. The molecule has 2 atom stereocenters. The molecule has 0 saturated carbocycles. The van der Waals surface area contributed by atoms with Gasteiger partial charge in [0.15, 0.2) is 0 Å². The Balaban J connectivity index is 1.68. The van der Waals surface area contributed by atoms with Crippen LogP contribution >= 0.6 is 0 Å². The van der Waals surface area contributed by atoms with E-state index in [1.807, 2.05) is 60.7 Å². The Morgan fingerprint density at radius 1 is 0.636 bits per heavy atom. The minimum absolute atomic E-state index is 0.327. The van der Waals surface area contributed by atoms with Gasteiger partial charge in [-0.2, -0.15) is 0 Å². The molecule has 12 nitrogen and oxygen atoms in total. The van der Waals surface area contributed by atoms with Crippen molar-refractivity contribution in [2.24, 2.45) is 0 Å². The lowest BCUT2D eigenvalue weighted by Crippen LogP contribution is -2.67. The topological polar surface area (TPSA) is 151 Å². The van der Waals surface area contributed by atoms with Crippen molar-refractivity contribution in [2.75, 3.05) is 40.4 Å². The Morgan fingerprint density at radius 3 is 1.34 bits per heavy atom. The Bertz CT molecular complexity index is 1190. The number of carbonyl (C=O) groups is 6. The van der Waals surface area contributed by atoms with Gasteiger partial charge in [-0.05, 0) is 36.8 Å². The molecule has 4 amide bonds. The van der Waals surface area contributed by atoms with Crippen LogP contribution in [-0.2, 0) is 51.1 Å². The van der Waals surface area contributed by atoms with Crippen molar-refractivity contribution in [3.63, 3.8) is 0 Å². The zero-order valence-corrected chi connectivity index (χ0v) is 25.2. The summed E-state index contributed by atoms with van der Waals surface area (Å²) in [7, 11) is 2.28. The summed E-state index contributed by atoms with van der Waals surface area (Å²) in [4.78, 5) is 79.6. The summed E-state index contributed by atoms with van der Waals surface area (Å²) in [6.07, 6.45) is 1.71. The molecule has 0 bridgehead atoms. The molecule has 1 aliphatic heterocycles. The Morgan fingerprint density at radius 2 is 1.00 bits per heavy atom. The second-order valence-electron chi connectivity index (χ2n) is 10.4. The number of amides is 4. The van der Waals surface area contributed by atoms with Crippen LogP contribution in [0.25, 0.3) is 0 Å². The van der Waals surface area contributed by atoms with Crippen molar-refractivity contribution >= 4 is 35.6 Å². The number of hydrogen-bond acceptors (Lipinski definition) is 8. The molecule has 1 aliphatic rings. The predicted molar refractivity (Wildman–Crippen MR) is 160 cm³/mol. The summed E-state index contributed by atoms with van der Waals surface area (Å²) >= 11 is 0. The van der Waals surface area contributed by atoms with Crippen molar-refractivity contribution in [3.8, 4) is 0 Å². The molecule has 0 aromatic heterocycles. The van der Waals surface area contributed by atoms with Crippen LogP contribution < -0.4 is 10.6 Å². The zero-order chi connectivity index (χ0) is 31.9. The van der Waals surface area contributed by atoms with Crippen LogP contribution in [0.3, 0.4) is 0 Å². The van der Waals surface area contributed by atoms with Crippen LogP contribution in [-0.4, -0.2) is 97.8 Å². The second-order valence-corrected chi connectivity index (χ2v) is 10.4. The zero-order valence-electron chi connectivity index (χ0n) is 25.2. The SMILES string of the molecule is COC(=O)C[C@H]1C(=O)N(CC(=O)NCCCc2ccccc2)[C@@H](CC(=O)OC)C(=O)N1CC(=O)NCCCc1ccccc1. The summed E-state index contributed by atoms with van der Waals surface area (Å²) in [5.74, 6) is -4.12. The average molecular weight is 609 g/mol. The third-order valence-corrected chi connectivity index (χ3v) is 7.31. The van der Waals surface area contributed by atoms with Gasteiger partial charge in [0.2, 0.25) is 23.6 Å². The number of rotatable bonds is 16. The van der Waals surface area contributed by atoms with E-state index in [0.29, 0.717) is 25.9 Å². The average Bonchev–Trinajstić information content (AvgIpc) is 3.04. The third kappa shape index (κ3) is 10.2. The van der Waals surface area contributed by atoms with Gasteiger partial charge < -0.3 is 29.9 Å². The smallest absolute Gasteiger partial charge is 0.308 e. The highest BCUT2D eigenvalue weighted by atomic mass is 16.5. The van der Waals surface area contributed by atoms with E-state index in [1.54, 1.807) is 0 Å². The Kier molecular flexibility index (Phi) is 13.3. The fraction of sp³-hybridized carbons (Fsp3) is 0.438. The molecule has 0 radical (unpaired) electrons. The standard InChI is InChI=1S/C32H40N4O8/c1-43-29(39)19-25-31(41)36(22-28(38)34-18-10-16-24-13-7-4-8-14-24)26(20-30(40)44-2)32(42)35(25)21-27(37)33-17-9-15-23-11-5-3-6-12-23/h3-8,11-14,25-26H,9-10,15-22H2,1-2H3,(H,33,37)(H,34,38)/t25-,26-/m0/s1. The first-order chi connectivity index (χ1) is 21.2. The highest BCUT2D eigenvalue weighted by Crippen LogP contribution is 2.23. The summed E-state index contributed by atoms with van der Waals surface area (Å²) in [6, 6.07) is 16.7. The van der Waals surface area contributed by atoms with Crippen LogP contribution in [0.15, 0.2) is 60.7 Å². The molecule has 0 unspecified atom stereocenters. The first-order valence-corrected chi connectivity index (χ1v) is 14.6. The molecule has 0 spiro atoms. The molecule has 2 N–H and O–H groups in total. The molecule has 1 fully saturated rings. The number of carbonyl (C=O) groups excluding carboxylic acids is 6. The molecule has 3 rings (SSSR count). The maximum Gasteiger partial charge on any atom is 0.308 e. The molecule has 236 valence electrons. The summed E-state index contributed by atoms with van der Waals surface area (Å²) in [5.41, 5.74) is 2.23. The van der Waals surface area contributed by atoms with Gasteiger partial charge in [-0.1, -0.05) is 60.7 Å². The van der Waals surface area contributed by atoms with Gasteiger partial charge in [0, 0.05) is 13.1 Å². The largest absolute Gasteiger partial charge is 0.469 e. The summed E-state index contributed by atoms with van der Waals surface area (Å²) in [6.45, 7) is -0.384. The first kappa shape index (κ1) is 33.8. The lowest BCUT2D eigenvalue weighted by molar-refractivity contribution is -0.169. The van der Waals surface area contributed by atoms with Crippen LogP contribution in [0.2, 0.25) is 0 Å². The molecule has 1 heterocycles. The van der Waals surface area contributed by atoms with Gasteiger partial charge in [-0.15, -0.1) is 0 Å². The molecular weight excluding hydrogens is 568 g/mol. The van der Waals surface area contributed by atoms with Gasteiger partial charge in [0.25, 0.3) is 0 Å². The number of hydrogen-bond donors (Lipinski definition) is 2. The fourth-order valence-corrected chi connectivity index (χ4v) is 4.96. The molecular formula is C32H40N4O8. The van der Waals surface area contributed by atoms with Crippen LogP contribution in [0, 0.1) is 0 Å². The normalized spacial score (nSPS) is 16.3. The number of piperazine rings is 1. The minimum atomic E-state index is -1.40. The van der Waals surface area contributed by atoms with Gasteiger partial charge >= 0.3 is 11.9 Å². The molecule has 12 heteroatoms. The third-order valence-electron chi connectivity index (χ3n) is 7.31. The lowest BCUT2D eigenvalue weighted by Gasteiger charge is -2.43. The number of aryl methyl sites for hydroxylation is 2. The maximum absolute atomic E-state index is 13.7. The number of nitrogens with one attached hydrogen (secondary N) is 2. The quantitative estimate of drug-likeness (QED) is 0.212. The number of ether oxygens (including phenoxy) is 2. The van der Waals surface area contributed by atoms with Gasteiger partial charge in [-0.25, -0.2) is 0 Å².